The van der Waals surface area contributed by atoms with Crippen LogP contribution in [0.15, 0.2) is 59.1 Å². The fraction of sp³-hybridized carbons (Fsp3) is 0.136. The van der Waals surface area contributed by atoms with Crippen molar-refractivity contribution in [3.05, 3.63) is 86.1 Å². The van der Waals surface area contributed by atoms with Gasteiger partial charge in [-0.05, 0) is 47.9 Å². The molecule has 0 aromatic heterocycles. The summed E-state index contributed by atoms with van der Waals surface area (Å²) in [6.45, 7) is 1.98. The molecule has 0 bridgehead atoms. The van der Waals surface area contributed by atoms with Crippen LogP contribution < -0.4 is 10.1 Å². The highest BCUT2D eigenvalue weighted by molar-refractivity contribution is 9.10. The molecule has 0 unspecified atom stereocenters. The van der Waals surface area contributed by atoms with E-state index in [9.17, 15) is 9.18 Å². The molecule has 0 aliphatic carbocycles. The van der Waals surface area contributed by atoms with Crippen LogP contribution in [0, 0.1) is 5.82 Å². The summed E-state index contributed by atoms with van der Waals surface area (Å²) in [5, 5.41) is 3.16. The third kappa shape index (κ3) is 5.50. The van der Waals surface area contributed by atoms with Crippen LogP contribution in [-0.4, -0.2) is 5.91 Å². The number of nitrogens with one attached hydrogen (secondary N) is 1. The van der Waals surface area contributed by atoms with Gasteiger partial charge in [-0.1, -0.05) is 70.3 Å². The standard InChI is InChI=1S/C22H17BrCl2FNO2/c1-2-14-8-7-13(10-21(28)27-18-6-4-3-5-16(18)24)9-19(14)29-20-12-15(23)11-17(26)22(20)25/h3-9,11-12H,2,10H2,1H3,(H,27,28). The first kappa shape index (κ1) is 21.6. The molecular formula is C22H17BrCl2FNO2. The molecule has 0 aliphatic rings. The smallest absolute Gasteiger partial charge is 0.228 e. The number of anilines is 1. The van der Waals surface area contributed by atoms with Gasteiger partial charge in [0, 0.05) is 4.47 Å². The van der Waals surface area contributed by atoms with Crippen LogP contribution in [0.5, 0.6) is 11.5 Å². The van der Waals surface area contributed by atoms with Crippen LogP contribution in [-0.2, 0) is 17.6 Å². The largest absolute Gasteiger partial charge is 0.455 e. The van der Waals surface area contributed by atoms with Crippen molar-refractivity contribution in [3.63, 3.8) is 0 Å². The molecule has 3 nitrogen and oxygen atoms in total. The lowest BCUT2D eigenvalue weighted by Crippen LogP contribution is -2.14. The normalized spacial score (nSPS) is 10.7. The number of hydrogen-bond donors (Lipinski definition) is 1. The van der Waals surface area contributed by atoms with E-state index in [0.29, 0.717) is 27.4 Å². The fourth-order valence-corrected chi connectivity index (χ4v) is 3.50. The first-order chi connectivity index (χ1) is 13.9. The van der Waals surface area contributed by atoms with Crippen LogP contribution >= 0.6 is 39.1 Å². The molecule has 0 heterocycles. The van der Waals surface area contributed by atoms with Gasteiger partial charge in [-0.3, -0.25) is 4.79 Å². The summed E-state index contributed by atoms with van der Waals surface area (Å²) in [7, 11) is 0. The van der Waals surface area contributed by atoms with Crippen molar-refractivity contribution in [2.75, 3.05) is 5.32 Å². The molecule has 0 atom stereocenters. The van der Waals surface area contributed by atoms with Crippen LogP contribution in [0.4, 0.5) is 10.1 Å². The first-order valence-electron chi connectivity index (χ1n) is 8.86. The second-order valence-electron chi connectivity index (χ2n) is 6.30. The molecule has 3 rings (SSSR count). The van der Waals surface area contributed by atoms with Crippen molar-refractivity contribution in [2.24, 2.45) is 0 Å². The maximum absolute atomic E-state index is 13.9. The van der Waals surface area contributed by atoms with Gasteiger partial charge in [-0.2, -0.15) is 0 Å². The van der Waals surface area contributed by atoms with Gasteiger partial charge < -0.3 is 10.1 Å². The number of benzene rings is 3. The highest BCUT2D eigenvalue weighted by atomic mass is 79.9. The van der Waals surface area contributed by atoms with Crippen LogP contribution in [0.2, 0.25) is 10.0 Å². The molecule has 3 aromatic rings. The number of amides is 1. The molecule has 1 amide bonds. The van der Waals surface area contributed by atoms with E-state index in [-0.39, 0.29) is 23.1 Å². The molecule has 0 fully saturated rings. The van der Waals surface area contributed by atoms with Gasteiger partial charge in [0.05, 0.1) is 17.1 Å². The van der Waals surface area contributed by atoms with Crippen LogP contribution in [0.25, 0.3) is 0 Å². The number of halogens is 4. The van der Waals surface area contributed by atoms with E-state index >= 15 is 0 Å². The van der Waals surface area contributed by atoms with E-state index in [1.807, 2.05) is 19.1 Å². The lowest BCUT2D eigenvalue weighted by atomic mass is 10.1. The molecule has 29 heavy (non-hydrogen) atoms. The Hall–Kier alpha value is -2.08. The van der Waals surface area contributed by atoms with Gasteiger partial charge in [-0.25, -0.2) is 4.39 Å². The van der Waals surface area contributed by atoms with Crippen molar-refractivity contribution in [3.8, 4) is 11.5 Å². The molecule has 7 heteroatoms. The van der Waals surface area contributed by atoms with Gasteiger partial charge in [-0.15, -0.1) is 0 Å². The van der Waals surface area contributed by atoms with Crippen molar-refractivity contribution in [1.29, 1.82) is 0 Å². The Bertz CT molecular complexity index is 1060. The maximum atomic E-state index is 13.9. The molecule has 1 N–H and O–H groups in total. The molecule has 0 radical (unpaired) electrons. The zero-order valence-corrected chi connectivity index (χ0v) is 18.5. The predicted octanol–water partition coefficient (Wildman–Crippen LogP) is 7.43. The Morgan fingerprint density at radius 2 is 1.86 bits per heavy atom. The topological polar surface area (TPSA) is 38.3 Å². The number of carbonyl (C=O) groups excluding carboxylic acids is 1. The molecule has 0 aliphatic heterocycles. The minimum Gasteiger partial charge on any atom is -0.455 e. The van der Waals surface area contributed by atoms with E-state index < -0.39 is 5.82 Å². The summed E-state index contributed by atoms with van der Waals surface area (Å²) in [5.74, 6) is -0.0648. The molecule has 150 valence electrons. The zero-order chi connectivity index (χ0) is 21.0. The lowest BCUT2D eigenvalue weighted by molar-refractivity contribution is -0.115. The van der Waals surface area contributed by atoms with Gasteiger partial charge in [0.1, 0.15) is 22.3 Å². The third-order valence-corrected chi connectivity index (χ3v) is 5.36. The van der Waals surface area contributed by atoms with E-state index in [0.717, 1.165) is 11.1 Å². The third-order valence-electron chi connectivity index (χ3n) is 4.20. The number of carbonyl (C=O) groups is 1. The van der Waals surface area contributed by atoms with Crippen molar-refractivity contribution < 1.29 is 13.9 Å². The number of ether oxygens (including phenoxy) is 1. The van der Waals surface area contributed by atoms with Gasteiger partial charge in [0.25, 0.3) is 0 Å². The number of aryl methyl sites for hydroxylation is 1. The SMILES string of the molecule is CCc1ccc(CC(=O)Nc2ccccc2Cl)cc1Oc1cc(Br)cc(F)c1Cl. The number of hydrogen-bond acceptors (Lipinski definition) is 2. The van der Waals surface area contributed by atoms with Crippen molar-refractivity contribution in [2.45, 2.75) is 19.8 Å². The monoisotopic (exact) mass is 495 g/mol. The average Bonchev–Trinajstić information content (AvgIpc) is 2.68. The number of para-hydroxylation sites is 1. The molecular weight excluding hydrogens is 480 g/mol. The summed E-state index contributed by atoms with van der Waals surface area (Å²) < 4.78 is 20.3. The highest BCUT2D eigenvalue weighted by Gasteiger charge is 2.14. The molecule has 0 saturated heterocycles. The maximum Gasteiger partial charge on any atom is 0.228 e. The molecule has 3 aromatic carbocycles. The summed E-state index contributed by atoms with van der Waals surface area (Å²) in [6.07, 6.45) is 0.835. The minimum atomic E-state index is -0.579. The van der Waals surface area contributed by atoms with E-state index in [2.05, 4.69) is 21.2 Å². The molecule has 0 saturated carbocycles. The number of rotatable bonds is 6. The second kappa shape index (κ2) is 9.61. The van der Waals surface area contributed by atoms with E-state index in [4.69, 9.17) is 27.9 Å². The van der Waals surface area contributed by atoms with E-state index in [1.54, 1.807) is 36.4 Å². The Morgan fingerprint density at radius 3 is 2.59 bits per heavy atom. The summed E-state index contributed by atoms with van der Waals surface area (Å²) in [5.41, 5.74) is 2.21. The fourth-order valence-electron chi connectivity index (χ4n) is 2.76. The van der Waals surface area contributed by atoms with Crippen LogP contribution in [0.3, 0.4) is 0 Å². The van der Waals surface area contributed by atoms with Gasteiger partial charge >= 0.3 is 0 Å². The zero-order valence-electron chi connectivity index (χ0n) is 15.4. The lowest BCUT2D eigenvalue weighted by Gasteiger charge is -2.14. The van der Waals surface area contributed by atoms with Crippen LogP contribution in [0.1, 0.15) is 18.1 Å². The Labute approximate surface area is 186 Å². The average molecular weight is 497 g/mol. The Kier molecular flexibility index (Phi) is 7.17. The predicted molar refractivity (Wildman–Crippen MR) is 119 cm³/mol. The second-order valence-corrected chi connectivity index (χ2v) is 8.00. The van der Waals surface area contributed by atoms with Crippen molar-refractivity contribution >= 4 is 50.7 Å². The first-order valence-corrected chi connectivity index (χ1v) is 10.4. The summed E-state index contributed by atoms with van der Waals surface area (Å²) >= 11 is 15.4. The Morgan fingerprint density at radius 1 is 1.10 bits per heavy atom. The van der Waals surface area contributed by atoms with Gasteiger partial charge in [0.15, 0.2) is 0 Å². The summed E-state index contributed by atoms with van der Waals surface area (Å²) in [4.78, 5) is 12.4. The minimum absolute atomic E-state index is 0.0999. The quantitative estimate of drug-likeness (QED) is 0.360. The Balaban J connectivity index is 1.82. The van der Waals surface area contributed by atoms with Gasteiger partial charge in [0.2, 0.25) is 5.91 Å². The summed E-state index contributed by atoms with van der Waals surface area (Å²) in [6, 6.07) is 15.4. The van der Waals surface area contributed by atoms with E-state index in [1.165, 1.54) is 6.07 Å². The molecule has 0 spiro atoms. The van der Waals surface area contributed by atoms with Crippen molar-refractivity contribution in [1.82, 2.24) is 0 Å². The highest BCUT2D eigenvalue weighted by Crippen LogP contribution is 2.36.